The van der Waals surface area contributed by atoms with Gasteiger partial charge in [-0.05, 0) is 13.3 Å². The van der Waals surface area contributed by atoms with Crippen LogP contribution in [0.15, 0.2) is 0 Å². The quantitative estimate of drug-likeness (QED) is 0.489. The molecular formula is C7H13NO4. The van der Waals surface area contributed by atoms with E-state index in [2.05, 4.69) is 9.78 Å². The topological polar surface area (TPSA) is 59.0 Å². The molecule has 0 spiro atoms. The van der Waals surface area contributed by atoms with Gasteiger partial charge in [0.15, 0.2) is 0 Å². The van der Waals surface area contributed by atoms with Crippen molar-refractivity contribution in [3.8, 4) is 0 Å². The van der Waals surface area contributed by atoms with Crippen molar-refractivity contribution in [2.24, 2.45) is 0 Å². The number of carbonyl (C=O) groups is 1. The van der Waals surface area contributed by atoms with Gasteiger partial charge in [-0.2, -0.15) is 4.89 Å². The monoisotopic (exact) mass is 175 g/mol. The molecule has 1 fully saturated rings. The minimum absolute atomic E-state index is 0.0135. The summed E-state index contributed by atoms with van der Waals surface area (Å²) in [5, 5.41) is 8.75. The van der Waals surface area contributed by atoms with Crippen LogP contribution in [-0.4, -0.2) is 41.9 Å². The molecule has 12 heavy (non-hydrogen) atoms. The summed E-state index contributed by atoms with van der Waals surface area (Å²) in [5.41, 5.74) is 0. The molecule has 0 aromatic rings. The molecule has 1 heterocycles. The normalized spacial score (nSPS) is 18.3. The van der Waals surface area contributed by atoms with Gasteiger partial charge in [-0.15, -0.1) is 0 Å². The first-order valence-corrected chi connectivity index (χ1v) is 3.96. The molecule has 1 unspecified atom stereocenters. The predicted molar refractivity (Wildman–Crippen MR) is 40.3 cm³/mol. The molecule has 0 aliphatic carbocycles. The van der Waals surface area contributed by atoms with Gasteiger partial charge in [0.25, 0.3) is 0 Å². The van der Waals surface area contributed by atoms with Crippen LogP contribution < -0.4 is 0 Å². The molecular weight excluding hydrogens is 162 g/mol. The minimum atomic E-state index is -0.616. The van der Waals surface area contributed by atoms with Gasteiger partial charge in [0.1, 0.15) is 6.61 Å². The standard InChI is InChI=1S/C7H13NO4/c1-6(9)5-11-12-7(10)8-3-2-4-8/h6,9H,2-5H2,1H3. The predicted octanol–water partition coefficient (Wildman–Crippen LogP) is 0.141. The van der Waals surface area contributed by atoms with Crippen LogP contribution in [-0.2, 0) is 9.78 Å². The largest absolute Gasteiger partial charge is 0.441 e. The Kier molecular flexibility index (Phi) is 3.31. The Morgan fingerprint density at radius 1 is 1.67 bits per heavy atom. The molecule has 0 aromatic carbocycles. The maximum atomic E-state index is 10.9. The van der Waals surface area contributed by atoms with E-state index in [1.807, 2.05) is 0 Å². The molecule has 1 amide bonds. The zero-order chi connectivity index (χ0) is 8.97. The number of amides is 1. The fourth-order valence-electron chi connectivity index (χ4n) is 0.734. The molecule has 5 nitrogen and oxygen atoms in total. The summed E-state index contributed by atoms with van der Waals surface area (Å²) in [6, 6.07) is 0. The van der Waals surface area contributed by atoms with Crippen LogP contribution in [0.4, 0.5) is 4.79 Å². The highest BCUT2D eigenvalue weighted by atomic mass is 17.2. The number of carbonyl (C=O) groups excluding carboxylic acids is 1. The van der Waals surface area contributed by atoms with E-state index in [-0.39, 0.29) is 6.61 Å². The molecule has 1 rings (SSSR count). The third-order valence-corrected chi connectivity index (χ3v) is 1.55. The maximum Gasteiger partial charge on any atom is 0.441 e. The van der Waals surface area contributed by atoms with Gasteiger partial charge in [-0.1, -0.05) is 0 Å². The van der Waals surface area contributed by atoms with Gasteiger partial charge in [0.05, 0.1) is 6.10 Å². The van der Waals surface area contributed by atoms with E-state index in [0.717, 1.165) is 19.5 Å². The van der Waals surface area contributed by atoms with Crippen LogP contribution in [0.2, 0.25) is 0 Å². The Bertz CT molecular complexity index is 155. The van der Waals surface area contributed by atoms with Crippen molar-refractivity contribution >= 4 is 6.09 Å². The summed E-state index contributed by atoms with van der Waals surface area (Å²) in [4.78, 5) is 21.3. The smallest absolute Gasteiger partial charge is 0.391 e. The molecule has 1 atom stereocenters. The van der Waals surface area contributed by atoms with Gasteiger partial charge < -0.3 is 10.0 Å². The molecule has 70 valence electrons. The first-order valence-electron chi connectivity index (χ1n) is 3.96. The van der Waals surface area contributed by atoms with Crippen molar-refractivity contribution in [3.05, 3.63) is 0 Å². The molecule has 0 bridgehead atoms. The van der Waals surface area contributed by atoms with Crippen molar-refractivity contribution in [3.63, 3.8) is 0 Å². The first-order chi connectivity index (χ1) is 5.70. The van der Waals surface area contributed by atoms with Crippen molar-refractivity contribution in [1.29, 1.82) is 0 Å². The average molecular weight is 175 g/mol. The van der Waals surface area contributed by atoms with Crippen LogP contribution in [0.25, 0.3) is 0 Å². The molecule has 0 saturated carbocycles. The van der Waals surface area contributed by atoms with Crippen LogP contribution in [0.5, 0.6) is 0 Å². The Hall–Kier alpha value is -0.810. The van der Waals surface area contributed by atoms with Crippen LogP contribution in [0.3, 0.4) is 0 Å². The minimum Gasteiger partial charge on any atom is -0.391 e. The van der Waals surface area contributed by atoms with Gasteiger partial charge in [0, 0.05) is 13.1 Å². The van der Waals surface area contributed by atoms with E-state index < -0.39 is 12.2 Å². The lowest BCUT2D eigenvalue weighted by Crippen LogP contribution is -2.42. The number of aliphatic hydroxyl groups is 1. The Balaban J connectivity index is 2.02. The zero-order valence-electron chi connectivity index (χ0n) is 7.02. The van der Waals surface area contributed by atoms with Crippen LogP contribution in [0.1, 0.15) is 13.3 Å². The second-order valence-electron chi connectivity index (χ2n) is 2.82. The van der Waals surface area contributed by atoms with Gasteiger partial charge in [-0.3, -0.25) is 4.89 Å². The van der Waals surface area contributed by atoms with Crippen molar-refractivity contribution < 1.29 is 19.7 Å². The third kappa shape index (κ3) is 2.67. The summed E-state index contributed by atoms with van der Waals surface area (Å²) in [5.74, 6) is 0. The van der Waals surface area contributed by atoms with Crippen molar-refractivity contribution in [2.45, 2.75) is 19.4 Å². The van der Waals surface area contributed by atoms with Gasteiger partial charge >= 0.3 is 6.09 Å². The second-order valence-corrected chi connectivity index (χ2v) is 2.82. The average Bonchev–Trinajstić information content (AvgIpc) is 1.81. The lowest BCUT2D eigenvalue weighted by atomic mass is 10.2. The Morgan fingerprint density at radius 3 is 2.75 bits per heavy atom. The van der Waals surface area contributed by atoms with Crippen molar-refractivity contribution in [1.82, 2.24) is 4.90 Å². The van der Waals surface area contributed by atoms with E-state index in [4.69, 9.17) is 5.11 Å². The molecule has 1 N–H and O–H groups in total. The van der Waals surface area contributed by atoms with Gasteiger partial charge in [-0.25, -0.2) is 4.79 Å². The molecule has 1 aliphatic heterocycles. The number of hydrogen-bond donors (Lipinski definition) is 1. The third-order valence-electron chi connectivity index (χ3n) is 1.55. The van der Waals surface area contributed by atoms with E-state index in [0.29, 0.717) is 0 Å². The lowest BCUT2D eigenvalue weighted by Gasteiger charge is -2.28. The molecule has 5 heteroatoms. The fraction of sp³-hybridized carbons (Fsp3) is 0.857. The van der Waals surface area contributed by atoms with Crippen LogP contribution in [0, 0.1) is 0 Å². The van der Waals surface area contributed by atoms with E-state index in [1.54, 1.807) is 6.92 Å². The summed E-state index contributed by atoms with van der Waals surface area (Å²) < 4.78 is 0. The van der Waals surface area contributed by atoms with Crippen LogP contribution >= 0.6 is 0 Å². The summed E-state index contributed by atoms with van der Waals surface area (Å²) in [7, 11) is 0. The highest BCUT2D eigenvalue weighted by Crippen LogP contribution is 2.07. The number of rotatable bonds is 3. The summed E-state index contributed by atoms with van der Waals surface area (Å²) in [6.45, 7) is 3.03. The second kappa shape index (κ2) is 4.27. The molecule has 0 radical (unpaired) electrons. The Morgan fingerprint density at radius 2 is 2.33 bits per heavy atom. The number of nitrogens with zero attached hydrogens (tertiary/aromatic N) is 1. The molecule has 0 aromatic heterocycles. The Labute approximate surface area is 70.8 Å². The van der Waals surface area contributed by atoms with E-state index in [1.165, 1.54) is 4.90 Å². The fourth-order valence-corrected chi connectivity index (χ4v) is 0.734. The molecule has 1 saturated heterocycles. The van der Waals surface area contributed by atoms with Crippen molar-refractivity contribution in [2.75, 3.05) is 19.7 Å². The summed E-state index contributed by atoms with van der Waals surface area (Å²) in [6.07, 6.45) is -0.0676. The van der Waals surface area contributed by atoms with Gasteiger partial charge in [0.2, 0.25) is 0 Å². The zero-order valence-corrected chi connectivity index (χ0v) is 7.02. The lowest BCUT2D eigenvalue weighted by molar-refractivity contribution is -0.259. The summed E-state index contributed by atoms with van der Waals surface area (Å²) >= 11 is 0. The molecule has 1 aliphatic rings. The number of hydrogen-bond acceptors (Lipinski definition) is 4. The SMILES string of the molecule is CC(O)COOC(=O)N1CCC1. The maximum absolute atomic E-state index is 10.9. The first kappa shape index (κ1) is 9.28. The van der Waals surface area contributed by atoms with E-state index >= 15 is 0 Å². The highest BCUT2D eigenvalue weighted by molar-refractivity contribution is 5.67. The highest BCUT2D eigenvalue weighted by Gasteiger charge is 2.22. The number of likely N-dealkylation sites (tertiary alicyclic amines) is 1. The van der Waals surface area contributed by atoms with E-state index in [9.17, 15) is 4.79 Å². The number of aliphatic hydroxyl groups excluding tert-OH is 1.